The molecular formula is C14H15ClN2O. The Balaban J connectivity index is 2.29. The molecule has 1 aromatic heterocycles. The van der Waals surface area contributed by atoms with Gasteiger partial charge in [0.15, 0.2) is 0 Å². The molecule has 2 rings (SSSR count). The summed E-state index contributed by atoms with van der Waals surface area (Å²) >= 11 is 5.87. The van der Waals surface area contributed by atoms with E-state index in [1.165, 1.54) is 0 Å². The molecule has 0 aliphatic rings. The summed E-state index contributed by atoms with van der Waals surface area (Å²) in [5, 5.41) is 0.546. The third-order valence-electron chi connectivity index (χ3n) is 2.67. The van der Waals surface area contributed by atoms with E-state index in [0.717, 1.165) is 17.7 Å². The van der Waals surface area contributed by atoms with Crippen molar-refractivity contribution in [1.29, 1.82) is 0 Å². The zero-order valence-corrected chi connectivity index (χ0v) is 10.9. The molecule has 1 unspecified atom stereocenters. The number of nitrogens with two attached hydrogens (primary N) is 1. The smallest absolute Gasteiger partial charge is 0.147 e. The fourth-order valence-electron chi connectivity index (χ4n) is 1.67. The largest absolute Gasteiger partial charge is 0.455 e. The molecule has 0 aliphatic carbocycles. The van der Waals surface area contributed by atoms with Crippen molar-refractivity contribution in [3.63, 3.8) is 0 Å². The van der Waals surface area contributed by atoms with Crippen LogP contribution in [0.4, 0.5) is 0 Å². The number of pyridine rings is 1. The lowest BCUT2D eigenvalue weighted by Crippen LogP contribution is -2.09. The molecule has 1 heterocycles. The Morgan fingerprint density at radius 2 is 2.11 bits per heavy atom. The SMILES string of the molecule is CCC(N)c1ccccc1Oc1cncc(Cl)c1. The summed E-state index contributed by atoms with van der Waals surface area (Å²) in [5.41, 5.74) is 7.04. The summed E-state index contributed by atoms with van der Waals surface area (Å²) in [4.78, 5) is 3.99. The van der Waals surface area contributed by atoms with E-state index >= 15 is 0 Å². The predicted molar refractivity (Wildman–Crippen MR) is 73.0 cm³/mol. The molecule has 0 amide bonds. The minimum absolute atomic E-state index is 0.0339. The van der Waals surface area contributed by atoms with Gasteiger partial charge >= 0.3 is 0 Å². The number of para-hydroxylation sites is 1. The Kier molecular flexibility index (Phi) is 4.18. The molecule has 18 heavy (non-hydrogen) atoms. The van der Waals surface area contributed by atoms with E-state index in [0.29, 0.717) is 10.8 Å². The van der Waals surface area contributed by atoms with Crippen molar-refractivity contribution in [2.24, 2.45) is 5.73 Å². The van der Waals surface area contributed by atoms with E-state index in [-0.39, 0.29) is 6.04 Å². The molecular weight excluding hydrogens is 248 g/mol. The van der Waals surface area contributed by atoms with Crippen molar-refractivity contribution in [2.45, 2.75) is 19.4 Å². The highest BCUT2D eigenvalue weighted by molar-refractivity contribution is 6.30. The normalized spacial score (nSPS) is 12.2. The maximum absolute atomic E-state index is 6.06. The zero-order chi connectivity index (χ0) is 13.0. The first kappa shape index (κ1) is 12.9. The lowest BCUT2D eigenvalue weighted by molar-refractivity contribution is 0.466. The molecule has 2 aromatic rings. The zero-order valence-electron chi connectivity index (χ0n) is 10.1. The van der Waals surface area contributed by atoms with Crippen LogP contribution < -0.4 is 10.5 Å². The number of aromatic nitrogens is 1. The van der Waals surface area contributed by atoms with Crippen LogP contribution in [0, 0.1) is 0 Å². The molecule has 1 aromatic carbocycles. The van der Waals surface area contributed by atoms with Crippen LogP contribution in [-0.2, 0) is 0 Å². The molecule has 0 fully saturated rings. The standard InChI is InChI=1S/C14H15ClN2O/c1-2-13(16)12-5-3-4-6-14(12)18-11-7-10(15)8-17-9-11/h3-9,13H,2,16H2,1H3. The van der Waals surface area contributed by atoms with Crippen molar-refractivity contribution in [3.8, 4) is 11.5 Å². The Morgan fingerprint density at radius 3 is 2.83 bits per heavy atom. The number of rotatable bonds is 4. The van der Waals surface area contributed by atoms with Gasteiger partial charge in [-0.1, -0.05) is 36.7 Å². The molecule has 0 radical (unpaired) electrons. The van der Waals surface area contributed by atoms with Crippen LogP contribution in [0.2, 0.25) is 5.02 Å². The van der Waals surface area contributed by atoms with E-state index in [4.69, 9.17) is 22.1 Å². The van der Waals surface area contributed by atoms with Crippen LogP contribution in [-0.4, -0.2) is 4.98 Å². The van der Waals surface area contributed by atoms with Gasteiger partial charge in [-0.05, 0) is 12.5 Å². The Labute approximate surface area is 112 Å². The van der Waals surface area contributed by atoms with Crippen LogP contribution in [0.15, 0.2) is 42.7 Å². The van der Waals surface area contributed by atoms with E-state index in [1.807, 2.05) is 31.2 Å². The number of ether oxygens (including phenoxy) is 1. The first-order valence-corrected chi connectivity index (χ1v) is 6.21. The number of nitrogens with zero attached hydrogens (tertiary/aromatic N) is 1. The predicted octanol–water partition coefficient (Wildman–Crippen LogP) is 3.94. The van der Waals surface area contributed by atoms with Crippen LogP contribution in [0.25, 0.3) is 0 Å². The van der Waals surface area contributed by atoms with Crippen LogP contribution in [0.3, 0.4) is 0 Å². The molecule has 0 spiro atoms. The number of halogens is 1. The van der Waals surface area contributed by atoms with Gasteiger partial charge in [0, 0.05) is 23.9 Å². The summed E-state index contributed by atoms with van der Waals surface area (Å²) in [6.45, 7) is 2.04. The summed E-state index contributed by atoms with van der Waals surface area (Å²) in [6.07, 6.45) is 4.05. The lowest BCUT2D eigenvalue weighted by atomic mass is 10.0. The van der Waals surface area contributed by atoms with Crippen molar-refractivity contribution < 1.29 is 4.74 Å². The molecule has 4 heteroatoms. The van der Waals surface area contributed by atoms with Gasteiger partial charge in [-0.25, -0.2) is 0 Å². The van der Waals surface area contributed by atoms with E-state index in [2.05, 4.69) is 4.98 Å². The Bertz CT molecular complexity index is 531. The summed E-state index contributed by atoms with van der Waals surface area (Å²) in [5.74, 6) is 1.36. The lowest BCUT2D eigenvalue weighted by Gasteiger charge is -2.15. The summed E-state index contributed by atoms with van der Waals surface area (Å²) in [6, 6.07) is 9.43. The van der Waals surface area contributed by atoms with Crippen molar-refractivity contribution in [3.05, 3.63) is 53.3 Å². The van der Waals surface area contributed by atoms with Gasteiger partial charge in [0.25, 0.3) is 0 Å². The van der Waals surface area contributed by atoms with Gasteiger partial charge in [-0.3, -0.25) is 4.98 Å². The summed E-state index contributed by atoms with van der Waals surface area (Å²) < 4.78 is 5.79. The second kappa shape index (κ2) is 5.85. The quantitative estimate of drug-likeness (QED) is 0.908. The molecule has 0 aliphatic heterocycles. The minimum Gasteiger partial charge on any atom is -0.455 e. The van der Waals surface area contributed by atoms with Gasteiger partial charge in [0.05, 0.1) is 11.2 Å². The highest BCUT2D eigenvalue weighted by atomic mass is 35.5. The second-order valence-corrected chi connectivity index (χ2v) is 4.43. The first-order valence-electron chi connectivity index (χ1n) is 5.83. The van der Waals surface area contributed by atoms with Crippen molar-refractivity contribution in [2.75, 3.05) is 0 Å². The van der Waals surface area contributed by atoms with Crippen molar-refractivity contribution in [1.82, 2.24) is 4.98 Å². The molecule has 0 bridgehead atoms. The number of hydrogen-bond donors (Lipinski definition) is 1. The Morgan fingerprint density at radius 1 is 1.33 bits per heavy atom. The van der Waals surface area contributed by atoms with Gasteiger partial charge < -0.3 is 10.5 Å². The van der Waals surface area contributed by atoms with Gasteiger partial charge in [0.2, 0.25) is 0 Å². The molecule has 1 atom stereocenters. The van der Waals surface area contributed by atoms with Crippen LogP contribution in [0.5, 0.6) is 11.5 Å². The average Bonchev–Trinajstić information content (AvgIpc) is 2.38. The molecule has 0 saturated carbocycles. The first-order chi connectivity index (χ1) is 8.70. The van der Waals surface area contributed by atoms with Crippen LogP contribution >= 0.6 is 11.6 Å². The number of hydrogen-bond acceptors (Lipinski definition) is 3. The Hall–Kier alpha value is -1.58. The maximum atomic E-state index is 6.06. The third kappa shape index (κ3) is 3.00. The van der Waals surface area contributed by atoms with Crippen molar-refractivity contribution >= 4 is 11.6 Å². The molecule has 94 valence electrons. The van der Waals surface area contributed by atoms with Gasteiger partial charge in [-0.2, -0.15) is 0 Å². The monoisotopic (exact) mass is 262 g/mol. The second-order valence-electron chi connectivity index (χ2n) is 3.99. The topological polar surface area (TPSA) is 48.1 Å². The van der Waals surface area contributed by atoms with Crippen LogP contribution in [0.1, 0.15) is 24.9 Å². The molecule has 3 nitrogen and oxygen atoms in total. The van der Waals surface area contributed by atoms with E-state index < -0.39 is 0 Å². The summed E-state index contributed by atoms with van der Waals surface area (Å²) in [7, 11) is 0. The highest BCUT2D eigenvalue weighted by Crippen LogP contribution is 2.30. The maximum Gasteiger partial charge on any atom is 0.147 e. The minimum atomic E-state index is -0.0339. The van der Waals surface area contributed by atoms with Gasteiger partial charge in [0.1, 0.15) is 11.5 Å². The molecule has 0 saturated heterocycles. The fraction of sp³-hybridized carbons (Fsp3) is 0.214. The van der Waals surface area contributed by atoms with Gasteiger partial charge in [-0.15, -0.1) is 0 Å². The third-order valence-corrected chi connectivity index (χ3v) is 2.87. The van der Waals surface area contributed by atoms with E-state index in [1.54, 1.807) is 18.5 Å². The fourth-order valence-corrected chi connectivity index (χ4v) is 1.84. The van der Waals surface area contributed by atoms with E-state index in [9.17, 15) is 0 Å². The average molecular weight is 263 g/mol. The highest BCUT2D eigenvalue weighted by Gasteiger charge is 2.10. The number of benzene rings is 1. The molecule has 2 N–H and O–H groups in total.